The van der Waals surface area contributed by atoms with E-state index in [0.29, 0.717) is 12.1 Å². The van der Waals surface area contributed by atoms with Crippen LogP contribution in [-0.4, -0.2) is 11.0 Å². The Bertz CT molecular complexity index is 624. The molecule has 1 aliphatic rings. The van der Waals surface area contributed by atoms with Crippen LogP contribution in [0.15, 0.2) is 53.0 Å². The van der Waals surface area contributed by atoms with Crippen LogP contribution in [-0.2, 0) is 11.3 Å². The van der Waals surface area contributed by atoms with E-state index in [9.17, 15) is 9.90 Å². The first-order chi connectivity index (χ1) is 9.16. The zero-order valence-corrected chi connectivity index (χ0v) is 11.7. The molecule has 1 atom stereocenters. The van der Waals surface area contributed by atoms with E-state index in [2.05, 4.69) is 15.9 Å². The van der Waals surface area contributed by atoms with Crippen LogP contribution in [0, 0.1) is 0 Å². The number of aliphatic hydroxyl groups excluding tert-OH is 1. The van der Waals surface area contributed by atoms with Crippen LogP contribution in [0.1, 0.15) is 17.2 Å². The SMILES string of the molecule is O=C1C(O)c2ccccc2N1Cc1ccc(Br)cc1. The van der Waals surface area contributed by atoms with Crippen LogP contribution in [0.25, 0.3) is 0 Å². The summed E-state index contributed by atoms with van der Waals surface area (Å²) in [6.07, 6.45) is -1.04. The summed E-state index contributed by atoms with van der Waals surface area (Å²) in [6.45, 7) is 0.472. The van der Waals surface area contributed by atoms with Crippen LogP contribution in [0.3, 0.4) is 0 Å². The third-order valence-corrected chi connectivity index (χ3v) is 3.80. The maximum atomic E-state index is 12.1. The van der Waals surface area contributed by atoms with Crippen LogP contribution >= 0.6 is 15.9 Å². The van der Waals surface area contributed by atoms with Gasteiger partial charge in [-0.1, -0.05) is 46.3 Å². The van der Waals surface area contributed by atoms with Crippen molar-refractivity contribution >= 4 is 27.5 Å². The second-order valence-corrected chi connectivity index (χ2v) is 5.43. The van der Waals surface area contributed by atoms with Gasteiger partial charge in [0.15, 0.2) is 6.10 Å². The Labute approximate surface area is 119 Å². The van der Waals surface area contributed by atoms with E-state index in [4.69, 9.17) is 0 Å². The van der Waals surface area contributed by atoms with Gasteiger partial charge in [-0.05, 0) is 23.8 Å². The number of anilines is 1. The van der Waals surface area contributed by atoms with Crippen molar-refractivity contribution in [3.8, 4) is 0 Å². The van der Waals surface area contributed by atoms with Crippen molar-refractivity contribution in [2.45, 2.75) is 12.6 Å². The normalized spacial score (nSPS) is 17.7. The summed E-state index contributed by atoms with van der Waals surface area (Å²) >= 11 is 3.38. The van der Waals surface area contributed by atoms with Crippen LogP contribution in [0.4, 0.5) is 5.69 Å². The number of aliphatic hydroxyl groups is 1. The van der Waals surface area contributed by atoms with E-state index in [1.807, 2.05) is 42.5 Å². The highest BCUT2D eigenvalue weighted by molar-refractivity contribution is 9.10. The quantitative estimate of drug-likeness (QED) is 0.925. The van der Waals surface area contributed by atoms with Gasteiger partial charge in [-0.25, -0.2) is 0 Å². The summed E-state index contributed by atoms with van der Waals surface area (Å²) in [5, 5.41) is 9.94. The number of rotatable bonds is 2. The first-order valence-corrected chi connectivity index (χ1v) is 6.79. The number of para-hydroxylation sites is 1. The second kappa shape index (κ2) is 4.79. The second-order valence-electron chi connectivity index (χ2n) is 4.51. The number of carbonyl (C=O) groups is 1. The van der Waals surface area contributed by atoms with Gasteiger partial charge in [0.25, 0.3) is 5.91 Å². The molecule has 1 unspecified atom stereocenters. The fourth-order valence-electron chi connectivity index (χ4n) is 2.30. The predicted octanol–water partition coefficient (Wildman–Crippen LogP) is 3.03. The topological polar surface area (TPSA) is 40.5 Å². The molecule has 2 aromatic carbocycles. The monoisotopic (exact) mass is 317 g/mol. The minimum atomic E-state index is -1.04. The fraction of sp³-hybridized carbons (Fsp3) is 0.133. The van der Waals surface area contributed by atoms with Crippen molar-refractivity contribution in [3.05, 3.63) is 64.1 Å². The van der Waals surface area contributed by atoms with Crippen LogP contribution in [0.2, 0.25) is 0 Å². The number of hydrogen-bond donors (Lipinski definition) is 1. The Hall–Kier alpha value is -1.65. The fourth-order valence-corrected chi connectivity index (χ4v) is 2.56. The Kier molecular flexibility index (Phi) is 3.12. The highest BCUT2D eigenvalue weighted by Crippen LogP contribution is 2.36. The molecule has 0 saturated heterocycles. The molecule has 2 aromatic rings. The number of amides is 1. The van der Waals surface area contributed by atoms with Crippen molar-refractivity contribution in [2.24, 2.45) is 0 Å². The number of hydrogen-bond acceptors (Lipinski definition) is 2. The lowest BCUT2D eigenvalue weighted by Crippen LogP contribution is -2.28. The highest BCUT2D eigenvalue weighted by atomic mass is 79.9. The van der Waals surface area contributed by atoms with Gasteiger partial charge in [0, 0.05) is 10.0 Å². The molecular weight excluding hydrogens is 306 g/mol. The third kappa shape index (κ3) is 2.17. The molecule has 0 aromatic heterocycles. The smallest absolute Gasteiger partial charge is 0.260 e. The van der Waals surface area contributed by atoms with Crippen molar-refractivity contribution in [1.82, 2.24) is 0 Å². The van der Waals surface area contributed by atoms with E-state index in [-0.39, 0.29) is 5.91 Å². The lowest BCUT2D eigenvalue weighted by molar-refractivity contribution is -0.125. The van der Waals surface area contributed by atoms with Crippen LogP contribution in [0.5, 0.6) is 0 Å². The molecule has 0 fully saturated rings. The Morgan fingerprint density at radius 3 is 2.53 bits per heavy atom. The maximum Gasteiger partial charge on any atom is 0.260 e. The van der Waals surface area contributed by atoms with Gasteiger partial charge in [0.2, 0.25) is 0 Å². The largest absolute Gasteiger partial charge is 0.378 e. The van der Waals surface area contributed by atoms with E-state index in [1.54, 1.807) is 11.0 Å². The number of fused-ring (bicyclic) bond motifs is 1. The maximum absolute atomic E-state index is 12.1. The average Bonchev–Trinajstić information content (AvgIpc) is 2.67. The number of benzene rings is 2. The first kappa shape index (κ1) is 12.4. The predicted molar refractivity (Wildman–Crippen MR) is 76.7 cm³/mol. The lowest BCUT2D eigenvalue weighted by Gasteiger charge is -2.17. The summed E-state index contributed by atoms with van der Waals surface area (Å²) < 4.78 is 1.00. The zero-order valence-electron chi connectivity index (χ0n) is 10.1. The molecule has 1 aliphatic heterocycles. The molecule has 0 radical (unpaired) electrons. The van der Waals surface area contributed by atoms with Gasteiger partial charge in [0.1, 0.15) is 0 Å². The molecule has 1 amide bonds. The lowest BCUT2D eigenvalue weighted by atomic mass is 10.1. The molecule has 1 heterocycles. The van der Waals surface area contributed by atoms with Crippen LogP contribution < -0.4 is 4.90 Å². The number of carbonyl (C=O) groups excluding carboxylic acids is 1. The summed E-state index contributed by atoms with van der Waals surface area (Å²) in [5.74, 6) is -0.260. The summed E-state index contributed by atoms with van der Waals surface area (Å²) in [5.41, 5.74) is 2.51. The summed E-state index contributed by atoms with van der Waals surface area (Å²) in [7, 11) is 0. The first-order valence-electron chi connectivity index (χ1n) is 5.99. The van der Waals surface area contributed by atoms with E-state index < -0.39 is 6.10 Å². The summed E-state index contributed by atoms with van der Waals surface area (Å²) in [6, 6.07) is 15.2. The molecule has 0 bridgehead atoms. The minimum absolute atomic E-state index is 0.260. The molecule has 3 nitrogen and oxygen atoms in total. The Morgan fingerprint density at radius 1 is 1.11 bits per heavy atom. The Balaban J connectivity index is 1.93. The Morgan fingerprint density at radius 2 is 1.79 bits per heavy atom. The summed E-state index contributed by atoms with van der Waals surface area (Å²) in [4.78, 5) is 13.7. The molecule has 96 valence electrons. The van der Waals surface area contributed by atoms with E-state index in [1.165, 1.54) is 0 Å². The molecule has 0 spiro atoms. The highest BCUT2D eigenvalue weighted by Gasteiger charge is 2.35. The minimum Gasteiger partial charge on any atom is -0.378 e. The zero-order chi connectivity index (χ0) is 13.4. The number of halogens is 1. The van der Waals surface area contributed by atoms with E-state index in [0.717, 1.165) is 15.7 Å². The standard InChI is InChI=1S/C15H12BrNO2/c16-11-7-5-10(6-8-11)9-17-13-4-2-1-3-12(13)14(18)15(17)19/h1-8,14,18H,9H2. The molecule has 4 heteroatoms. The van der Waals surface area contributed by atoms with Gasteiger partial charge >= 0.3 is 0 Å². The van der Waals surface area contributed by atoms with Crippen molar-refractivity contribution in [3.63, 3.8) is 0 Å². The molecular formula is C15H12BrNO2. The van der Waals surface area contributed by atoms with Gasteiger partial charge < -0.3 is 10.0 Å². The third-order valence-electron chi connectivity index (χ3n) is 3.28. The van der Waals surface area contributed by atoms with Gasteiger partial charge in [-0.15, -0.1) is 0 Å². The molecule has 3 rings (SSSR count). The van der Waals surface area contributed by atoms with Crippen molar-refractivity contribution in [1.29, 1.82) is 0 Å². The van der Waals surface area contributed by atoms with E-state index >= 15 is 0 Å². The van der Waals surface area contributed by atoms with Crippen molar-refractivity contribution < 1.29 is 9.90 Å². The molecule has 0 saturated carbocycles. The molecule has 0 aliphatic carbocycles. The van der Waals surface area contributed by atoms with Gasteiger partial charge in [-0.3, -0.25) is 4.79 Å². The molecule has 19 heavy (non-hydrogen) atoms. The van der Waals surface area contributed by atoms with Gasteiger partial charge in [-0.2, -0.15) is 0 Å². The number of nitrogens with zero attached hydrogens (tertiary/aromatic N) is 1. The average molecular weight is 318 g/mol. The van der Waals surface area contributed by atoms with Gasteiger partial charge in [0.05, 0.1) is 12.2 Å². The molecule has 1 N–H and O–H groups in total. The van der Waals surface area contributed by atoms with Crippen molar-refractivity contribution in [2.75, 3.05) is 4.90 Å².